The monoisotopic (exact) mass is 270 g/mol. The maximum atomic E-state index is 11.8. The molecule has 18 heavy (non-hydrogen) atoms. The average Bonchev–Trinajstić information content (AvgIpc) is 2.70. The molecule has 0 fully saturated rings. The first-order valence-corrected chi connectivity index (χ1v) is 7.44. The quantitative estimate of drug-likeness (QED) is 0.865. The zero-order chi connectivity index (χ0) is 13.2. The zero-order valence-electron chi connectivity index (χ0n) is 9.70. The van der Waals surface area contributed by atoms with Crippen molar-refractivity contribution in [1.82, 2.24) is 0 Å². The summed E-state index contributed by atoms with van der Waals surface area (Å²) >= 11 is 0. The van der Waals surface area contributed by atoms with Gasteiger partial charge in [0.05, 0.1) is 24.5 Å². The largest absolute Gasteiger partial charge is 0.493 e. The van der Waals surface area contributed by atoms with Crippen LogP contribution in [-0.2, 0) is 14.6 Å². The summed E-state index contributed by atoms with van der Waals surface area (Å²) in [4.78, 5) is 10.4. The molecule has 0 amide bonds. The summed E-state index contributed by atoms with van der Waals surface area (Å²) in [6.07, 6.45) is -0.350. The summed E-state index contributed by atoms with van der Waals surface area (Å²) in [6, 6.07) is 7.32. The Morgan fingerprint density at radius 1 is 1.39 bits per heavy atom. The minimum absolute atomic E-state index is 0.0582. The molecule has 0 spiro atoms. The van der Waals surface area contributed by atoms with Crippen molar-refractivity contribution in [2.75, 3.05) is 18.1 Å². The number of carboxylic acids is 1. The lowest BCUT2D eigenvalue weighted by Gasteiger charge is -2.08. The van der Waals surface area contributed by atoms with Gasteiger partial charge in [0.15, 0.2) is 9.84 Å². The molecule has 1 atom stereocenters. The molecule has 0 saturated heterocycles. The first kappa shape index (κ1) is 12.9. The summed E-state index contributed by atoms with van der Waals surface area (Å²) in [5, 5.41) is 8.51. The second-order valence-corrected chi connectivity index (χ2v) is 6.53. The Labute approximate surface area is 105 Å². The second kappa shape index (κ2) is 4.97. The van der Waals surface area contributed by atoms with E-state index in [-0.39, 0.29) is 23.8 Å². The van der Waals surface area contributed by atoms with Crippen LogP contribution in [0.15, 0.2) is 24.3 Å². The maximum absolute atomic E-state index is 11.8. The molecule has 0 radical (unpaired) electrons. The summed E-state index contributed by atoms with van der Waals surface area (Å²) < 4.78 is 29.0. The predicted octanol–water partition coefficient (Wildman–Crippen LogP) is 1.05. The van der Waals surface area contributed by atoms with Crippen LogP contribution in [0.25, 0.3) is 0 Å². The Hall–Kier alpha value is -1.56. The van der Waals surface area contributed by atoms with E-state index in [1.165, 1.54) is 0 Å². The molecule has 1 aliphatic rings. The van der Waals surface area contributed by atoms with Crippen molar-refractivity contribution < 1.29 is 23.1 Å². The van der Waals surface area contributed by atoms with Gasteiger partial charge in [0.25, 0.3) is 0 Å². The number of benzene rings is 1. The fraction of sp³-hybridized carbons (Fsp3) is 0.417. The highest BCUT2D eigenvalue weighted by molar-refractivity contribution is 7.91. The minimum Gasteiger partial charge on any atom is -0.493 e. The summed E-state index contributed by atoms with van der Waals surface area (Å²) in [6.45, 7) is 0.339. The van der Waals surface area contributed by atoms with Crippen LogP contribution in [0.3, 0.4) is 0 Å². The summed E-state index contributed by atoms with van der Waals surface area (Å²) in [5.74, 6) is -0.948. The summed E-state index contributed by atoms with van der Waals surface area (Å²) in [7, 11) is -3.36. The number of aliphatic carboxylic acids is 1. The summed E-state index contributed by atoms with van der Waals surface area (Å²) in [5.41, 5.74) is 0.886. The number of para-hydroxylation sites is 1. The second-order valence-electron chi connectivity index (χ2n) is 4.30. The van der Waals surface area contributed by atoms with E-state index in [1.807, 2.05) is 18.2 Å². The molecule has 1 unspecified atom stereocenters. The smallest absolute Gasteiger partial charge is 0.304 e. The van der Waals surface area contributed by atoms with Crippen LogP contribution >= 0.6 is 0 Å². The Kier molecular flexibility index (Phi) is 3.56. The van der Waals surface area contributed by atoms with Gasteiger partial charge in [-0.2, -0.15) is 0 Å². The number of carboxylic acid groups (broad SMARTS) is 1. The van der Waals surface area contributed by atoms with E-state index < -0.39 is 15.8 Å². The van der Waals surface area contributed by atoms with Gasteiger partial charge in [0, 0.05) is 11.5 Å². The third-order valence-corrected chi connectivity index (χ3v) is 4.62. The Bertz CT molecular complexity index is 549. The maximum Gasteiger partial charge on any atom is 0.304 e. The first-order chi connectivity index (χ1) is 8.48. The van der Waals surface area contributed by atoms with Gasteiger partial charge >= 0.3 is 5.97 Å². The van der Waals surface area contributed by atoms with E-state index in [4.69, 9.17) is 9.84 Å². The van der Waals surface area contributed by atoms with E-state index >= 15 is 0 Å². The van der Waals surface area contributed by atoms with Crippen LogP contribution in [-0.4, -0.2) is 37.6 Å². The van der Waals surface area contributed by atoms with E-state index in [1.54, 1.807) is 6.07 Å². The first-order valence-electron chi connectivity index (χ1n) is 5.62. The van der Waals surface area contributed by atoms with Gasteiger partial charge in [-0.15, -0.1) is 0 Å². The van der Waals surface area contributed by atoms with Gasteiger partial charge in [0.2, 0.25) is 0 Å². The van der Waals surface area contributed by atoms with E-state index in [0.29, 0.717) is 6.61 Å². The fourth-order valence-electron chi connectivity index (χ4n) is 2.00. The van der Waals surface area contributed by atoms with Gasteiger partial charge in [-0.3, -0.25) is 4.79 Å². The number of rotatable bonds is 5. The van der Waals surface area contributed by atoms with Crippen molar-refractivity contribution in [3.8, 4) is 5.75 Å². The molecular formula is C12H14O5S. The lowest BCUT2D eigenvalue weighted by molar-refractivity contribution is -0.136. The Morgan fingerprint density at radius 2 is 2.11 bits per heavy atom. The Morgan fingerprint density at radius 3 is 2.83 bits per heavy atom. The van der Waals surface area contributed by atoms with Gasteiger partial charge in [-0.05, 0) is 6.07 Å². The van der Waals surface area contributed by atoms with E-state index in [2.05, 4.69) is 0 Å². The highest BCUT2D eigenvalue weighted by Crippen LogP contribution is 2.34. The predicted molar refractivity (Wildman–Crippen MR) is 65.6 cm³/mol. The van der Waals surface area contributed by atoms with Crippen molar-refractivity contribution in [2.24, 2.45) is 0 Å². The third-order valence-electron chi connectivity index (χ3n) is 2.88. The number of hydrogen-bond donors (Lipinski definition) is 1. The van der Waals surface area contributed by atoms with Crippen molar-refractivity contribution in [1.29, 1.82) is 0 Å². The van der Waals surface area contributed by atoms with Gasteiger partial charge in [-0.25, -0.2) is 8.42 Å². The van der Waals surface area contributed by atoms with E-state index in [0.717, 1.165) is 11.3 Å². The van der Waals surface area contributed by atoms with Crippen LogP contribution in [0.2, 0.25) is 0 Å². The molecule has 1 aromatic carbocycles. The molecule has 2 rings (SSSR count). The zero-order valence-corrected chi connectivity index (χ0v) is 10.5. The normalized spacial score (nSPS) is 18.1. The highest BCUT2D eigenvalue weighted by atomic mass is 32.2. The number of hydrogen-bond acceptors (Lipinski definition) is 4. The average molecular weight is 270 g/mol. The number of fused-ring (bicyclic) bond motifs is 1. The van der Waals surface area contributed by atoms with E-state index in [9.17, 15) is 13.2 Å². The van der Waals surface area contributed by atoms with Crippen LogP contribution in [0.4, 0.5) is 0 Å². The molecule has 1 aliphatic heterocycles. The molecule has 1 N–H and O–H groups in total. The molecular weight excluding hydrogens is 256 g/mol. The lowest BCUT2D eigenvalue weighted by Crippen LogP contribution is -2.20. The van der Waals surface area contributed by atoms with Gasteiger partial charge < -0.3 is 9.84 Å². The van der Waals surface area contributed by atoms with Crippen LogP contribution < -0.4 is 4.74 Å². The number of carbonyl (C=O) groups is 1. The molecule has 98 valence electrons. The van der Waals surface area contributed by atoms with Crippen molar-refractivity contribution in [2.45, 2.75) is 12.3 Å². The number of sulfone groups is 1. The van der Waals surface area contributed by atoms with Crippen LogP contribution in [0.1, 0.15) is 17.9 Å². The molecule has 6 heteroatoms. The SMILES string of the molecule is O=C(O)CCS(=O)(=O)CC1COc2ccccc21. The third kappa shape index (κ3) is 3.01. The fourth-order valence-corrected chi connectivity index (χ4v) is 3.54. The molecule has 0 saturated carbocycles. The topological polar surface area (TPSA) is 80.7 Å². The Balaban J connectivity index is 2.05. The van der Waals surface area contributed by atoms with Crippen molar-refractivity contribution >= 4 is 15.8 Å². The van der Waals surface area contributed by atoms with Crippen molar-refractivity contribution in [3.05, 3.63) is 29.8 Å². The molecule has 5 nitrogen and oxygen atoms in total. The lowest BCUT2D eigenvalue weighted by atomic mass is 10.0. The molecule has 0 bridgehead atoms. The highest BCUT2D eigenvalue weighted by Gasteiger charge is 2.28. The number of ether oxygens (including phenoxy) is 1. The van der Waals surface area contributed by atoms with Crippen molar-refractivity contribution in [3.63, 3.8) is 0 Å². The molecule has 1 heterocycles. The molecule has 0 aliphatic carbocycles. The van der Waals surface area contributed by atoms with Crippen LogP contribution in [0, 0.1) is 0 Å². The standard InChI is InChI=1S/C12H14O5S/c13-12(14)5-6-18(15,16)8-9-7-17-11-4-2-1-3-10(9)11/h1-4,9H,5-8H2,(H,13,14). The molecule has 1 aromatic rings. The minimum atomic E-state index is -3.36. The molecule has 0 aromatic heterocycles. The van der Waals surface area contributed by atoms with Gasteiger partial charge in [-0.1, -0.05) is 18.2 Å². The van der Waals surface area contributed by atoms with Crippen LogP contribution in [0.5, 0.6) is 5.75 Å². The van der Waals surface area contributed by atoms with Gasteiger partial charge in [0.1, 0.15) is 5.75 Å².